The van der Waals surface area contributed by atoms with Crippen LogP contribution in [0.4, 0.5) is 0 Å². The number of aromatic nitrogens is 1. The Kier molecular flexibility index (Phi) is 12.3. The van der Waals surface area contributed by atoms with Crippen LogP contribution in [0.15, 0.2) is 25.9 Å². The van der Waals surface area contributed by atoms with E-state index in [0.29, 0.717) is 12.3 Å². The molecule has 0 saturated carbocycles. The quantitative estimate of drug-likeness (QED) is 0.301. The van der Waals surface area contributed by atoms with Gasteiger partial charge >= 0.3 is 5.82 Å². The van der Waals surface area contributed by atoms with Gasteiger partial charge in [-0.3, -0.25) is 4.52 Å². The predicted octanol–water partition coefficient (Wildman–Crippen LogP) is 5.82. The van der Waals surface area contributed by atoms with Crippen molar-refractivity contribution in [3.05, 3.63) is 28.7 Å². The lowest BCUT2D eigenvalue weighted by molar-refractivity contribution is 0.334. The molecule has 0 unspecified atom stereocenters. The molecule has 1 aromatic rings. The van der Waals surface area contributed by atoms with Crippen molar-refractivity contribution in [1.82, 2.24) is 5.16 Å². The SMILES string of the molecule is CCCCCCCC/C=C\CCCCCCCc1noc(=O)o1. The third-order valence-electron chi connectivity index (χ3n) is 4.08. The summed E-state index contributed by atoms with van der Waals surface area (Å²) in [6.45, 7) is 2.26. The Morgan fingerprint density at radius 2 is 1.39 bits per heavy atom. The summed E-state index contributed by atoms with van der Waals surface area (Å²) < 4.78 is 9.12. The highest BCUT2D eigenvalue weighted by Gasteiger charge is 2.02. The lowest BCUT2D eigenvalue weighted by atomic mass is 10.1. The van der Waals surface area contributed by atoms with E-state index < -0.39 is 5.82 Å². The number of hydrogen-bond acceptors (Lipinski definition) is 4. The Bertz CT molecular complexity index is 447. The largest absolute Gasteiger partial charge is 0.542 e. The van der Waals surface area contributed by atoms with E-state index >= 15 is 0 Å². The van der Waals surface area contributed by atoms with Gasteiger partial charge in [-0.25, -0.2) is 4.79 Å². The van der Waals surface area contributed by atoms with E-state index in [1.807, 2.05) is 0 Å². The van der Waals surface area contributed by atoms with Crippen LogP contribution < -0.4 is 5.82 Å². The van der Waals surface area contributed by atoms with E-state index in [9.17, 15) is 4.79 Å². The van der Waals surface area contributed by atoms with E-state index in [2.05, 4.69) is 28.8 Å². The fourth-order valence-electron chi connectivity index (χ4n) is 2.67. The predicted molar refractivity (Wildman–Crippen MR) is 93.6 cm³/mol. The van der Waals surface area contributed by atoms with Crippen LogP contribution in [-0.2, 0) is 6.42 Å². The standard InChI is InChI=1S/C19H33NO3/c1-2-3-4-5-6-7-8-9-10-11-12-13-14-15-16-17-18-20-23-19(21)22-18/h9-10H,2-8,11-17H2,1H3/b10-9-. The molecule has 132 valence electrons. The summed E-state index contributed by atoms with van der Waals surface area (Å²) in [6, 6.07) is 0. The van der Waals surface area contributed by atoms with Gasteiger partial charge in [-0.05, 0) is 37.3 Å². The molecule has 0 aromatic carbocycles. The fraction of sp³-hybridized carbons (Fsp3) is 0.789. The van der Waals surface area contributed by atoms with Crippen molar-refractivity contribution >= 4 is 0 Å². The number of unbranched alkanes of at least 4 members (excludes halogenated alkanes) is 11. The monoisotopic (exact) mass is 323 g/mol. The average molecular weight is 323 g/mol. The zero-order valence-corrected chi connectivity index (χ0v) is 14.7. The van der Waals surface area contributed by atoms with Crippen LogP contribution in [0.5, 0.6) is 0 Å². The van der Waals surface area contributed by atoms with E-state index in [1.54, 1.807) is 0 Å². The molecular formula is C19H33NO3. The van der Waals surface area contributed by atoms with Gasteiger partial charge < -0.3 is 4.42 Å². The van der Waals surface area contributed by atoms with Crippen LogP contribution >= 0.6 is 0 Å². The number of rotatable bonds is 15. The zero-order valence-electron chi connectivity index (χ0n) is 14.7. The molecule has 1 aromatic heterocycles. The maximum atomic E-state index is 10.6. The maximum Gasteiger partial charge on any atom is 0.542 e. The molecule has 0 aliphatic carbocycles. The number of hydrogen-bond donors (Lipinski definition) is 0. The van der Waals surface area contributed by atoms with E-state index in [1.165, 1.54) is 70.6 Å². The summed E-state index contributed by atoms with van der Waals surface area (Å²) in [7, 11) is 0. The van der Waals surface area contributed by atoms with Crippen LogP contribution in [0.25, 0.3) is 0 Å². The minimum absolute atomic E-state index is 0.424. The highest BCUT2D eigenvalue weighted by atomic mass is 16.6. The summed E-state index contributed by atoms with van der Waals surface area (Å²) in [5.74, 6) is -0.277. The number of nitrogens with zero attached hydrogens (tertiary/aromatic N) is 1. The maximum absolute atomic E-state index is 10.6. The van der Waals surface area contributed by atoms with E-state index in [-0.39, 0.29) is 0 Å². The Morgan fingerprint density at radius 1 is 0.826 bits per heavy atom. The first-order valence-corrected chi connectivity index (χ1v) is 9.43. The Morgan fingerprint density at radius 3 is 1.96 bits per heavy atom. The smallest absolute Gasteiger partial charge is 0.375 e. The van der Waals surface area contributed by atoms with Crippen LogP contribution in [0.2, 0.25) is 0 Å². The van der Waals surface area contributed by atoms with Crippen molar-refractivity contribution in [1.29, 1.82) is 0 Å². The number of allylic oxidation sites excluding steroid dienone is 2. The van der Waals surface area contributed by atoms with E-state index in [0.717, 1.165) is 12.8 Å². The summed E-state index contributed by atoms with van der Waals surface area (Å²) in [5, 5.41) is 3.56. The van der Waals surface area contributed by atoms with Crippen LogP contribution in [-0.4, -0.2) is 5.16 Å². The molecule has 1 rings (SSSR count). The molecule has 23 heavy (non-hydrogen) atoms. The molecule has 0 atom stereocenters. The van der Waals surface area contributed by atoms with Gasteiger partial charge in [-0.2, -0.15) is 0 Å². The summed E-state index contributed by atoms with van der Waals surface area (Å²) in [5.41, 5.74) is 0. The lowest BCUT2D eigenvalue weighted by Crippen LogP contribution is -1.88. The zero-order chi connectivity index (χ0) is 16.6. The van der Waals surface area contributed by atoms with Crippen LogP contribution in [0.1, 0.15) is 96.3 Å². The summed E-state index contributed by atoms with van der Waals surface area (Å²) in [4.78, 5) is 10.6. The lowest BCUT2D eigenvalue weighted by Gasteiger charge is -1.99. The van der Waals surface area contributed by atoms with Gasteiger partial charge in [0, 0.05) is 6.42 Å². The second-order valence-electron chi connectivity index (χ2n) is 6.26. The molecule has 0 aliphatic rings. The third-order valence-corrected chi connectivity index (χ3v) is 4.08. The van der Waals surface area contributed by atoms with Crippen molar-refractivity contribution in [2.24, 2.45) is 0 Å². The van der Waals surface area contributed by atoms with Gasteiger partial charge in [0.2, 0.25) is 5.89 Å². The highest BCUT2D eigenvalue weighted by molar-refractivity contribution is 4.81. The first kappa shape index (κ1) is 19.7. The van der Waals surface area contributed by atoms with Crippen molar-refractivity contribution < 1.29 is 8.94 Å². The van der Waals surface area contributed by atoms with E-state index in [4.69, 9.17) is 4.42 Å². The second-order valence-corrected chi connectivity index (χ2v) is 6.26. The molecule has 0 fully saturated rings. The summed E-state index contributed by atoms with van der Waals surface area (Å²) in [6.07, 6.45) is 22.0. The molecule has 0 saturated heterocycles. The van der Waals surface area contributed by atoms with Gasteiger partial charge in [0.15, 0.2) is 0 Å². The first-order chi connectivity index (χ1) is 11.3. The topological polar surface area (TPSA) is 56.2 Å². The normalized spacial score (nSPS) is 11.5. The van der Waals surface area contributed by atoms with Crippen LogP contribution in [0, 0.1) is 0 Å². The Balaban J connectivity index is 1.78. The minimum Gasteiger partial charge on any atom is -0.375 e. The van der Waals surface area contributed by atoms with Crippen molar-refractivity contribution in [2.45, 2.75) is 96.8 Å². The van der Waals surface area contributed by atoms with Gasteiger partial charge in [0.1, 0.15) is 0 Å². The van der Waals surface area contributed by atoms with Crippen LogP contribution in [0.3, 0.4) is 0 Å². The molecule has 0 radical (unpaired) electrons. The van der Waals surface area contributed by atoms with Crippen molar-refractivity contribution in [3.8, 4) is 0 Å². The molecular weight excluding hydrogens is 290 g/mol. The molecule has 0 spiro atoms. The molecule has 4 nitrogen and oxygen atoms in total. The van der Waals surface area contributed by atoms with Gasteiger partial charge in [0.05, 0.1) is 0 Å². The molecule has 0 N–H and O–H groups in total. The van der Waals surface area contributed by atoms with Gasteiger partial charge in [0.25, 0.3) is 0 Å². The Labute approximate surface area is 140 Å². The fourth-order valence-corrected chi connectivity index (χ4v) is 2.67. The Hall–Kier alpha value is -1.32. The minimum atomic E-state index is -0.701. The molecule has 0 aliphatic heterocycles. The first-order valence-electron chi connectivity index (χ1n) is 9.43. The third kappa shape index (κ3) is 11.8. The summed E-state index contributed by atoms with van der Waals surface area (Å²) >= 11 is 0. The van der Waals surface area contributed by atoms with Gasteiger partial charge in [-0.1, -0.05) is 70.4 Å². The average Bonchev–Trinajstić information content (AvgIpc) is 2.96. The van der Waals surface area contributed by atoms with Crippen molar-refractivity contribution in [2.75, 3.05) is 0 Å². The van der Waals surface area contributed by atoms with Crippen molar-refractivity contribution in [3.63, 3.8) is 0 Å². The van der Waals surface area contributed by atoms with Gasteiger partial charge in [-0.15, -0.1) is 0 Å². The molecule has 1 heterocycles. The molecule has 0 amide bonds. The molecule has 0 bridgehead atoms. The number of aryl methyl sites for hydroxylation is 1. The highest BCUT2D eigenvalue weighted by Crippen LogP contribution is 2.10. The molecule has 4 heteroatoms. The second kappa shape index (κ2) is 14.3.